The Morgan fingerprint density at radius 1 is 1.53 bits per heavy atom. The van der Waals surface area contributed by atoms with Crippen molar-refractivity contribution < 1.29 is 9.90 Å². The molecule has 1 N–H and O–H groups in total. The van der Waals surface area contributed by atoms with Crippen LogP contribution in [-0.4, -0.2) is 39.6 Å². The van der Waals surface area contributed by atoms with Crippen molar-refractivity contribution in [1.82, 2.24) is 9.88 Å². The number of aliphatic hydroxyl groups is 1. The zero-order valence-electron chi connectivity index (χ0n) is 10.3. The van der Waals surface area contributed by atoms with Gasteiger partial charge in [-0.2, -0.15) is 0 Å². The number of aromatic nitrogens is 1. The monoisotopic (exact) mass is 300 g/mol. The molecule has 0 saturated carbocycles. The van der Waals surface area contributed by atoms with E-state index >= 15 is 0 Å². The zero-order chi connectivity index (χ0) is 13.1. The highest BCUT2D eigenvalue weighted by Crippen LogP contribution is 2.11. The molecule has 0 radical (unpaired) electrons. The Balaban J connectivity index is 2.87. The van der Waals surface area contributed by atoms with Crippen LogP contribution in [0.3, 0.4) is 0 Å². The van der Waals surface area contributed by atoms with Gasteiger partial charge in [-0.25, -0.2) is 4.98 Å². The molecule has 1 rings (SSSR count). The maximum absolute atomic E-state index is 12.1. The lowest BCUT2D eigenvalue weighted by molar-refractivity contribution is 0.0311. The maximum atomic E-state index is 12.1. The number of pyridine rings is 1. The fourth-order valence-electron chi connectivity index (χ4n) is 1.48. The molecule has 94 valence electrons. The van der Waals surface area contributed by atoms with E-state index in [-0.39, 0.29) is 12.5 Å². The smallest absolute Gasteiger partial charge is 0.272 e. The lowest BCUT2D eigenvalue weighted by atomic mass is 10.1. The van der Waals surface area contributed by atoms with Crippen LogP contribution in [0.4, 0.5) is 0 Å². The van der Waals surface area contributed by atoms with Gasteiger partial charge in [0.05, 0.1) is 5.60 Å². The van der Waals surface area contributed by atoms with E-state index in [1.165, 1.54) is 0 Å². The van der Waals surface area contributed by atoms with Crippen LogP contribution in [0, 0.1) is 0 Å². The van der Waals surface area contributed by atoms with Crippen LogP contribution < -0.4 is 0 Å². The summed E-state index contributed by atoms with van der Waals surface area (Å²) >= 11 is 3.23. The van der Waals surface area contributed by atoms with Crippen molar-refractivity contribution in [2.24, 2.45) is 0 Å². The summed E-state index contributed by atoms with van der Waals surface area (Å²) in [6.07, 6.45) is 0. The highest BCUT2D eigenvalue weighted by molar-refractivity contribution is 9.10. The van der Waals surface area contributed by atoms with Gasteiger partial charge in [0, 0.05) is 13.1 Å². The van der Waals surface area contributed by atoms with E-state index in [1.54, 1.807) is 36.9 Å². The fraction of sp³-hybridized carbons (Fsp3) is 0.500. The molecule has 1 amide bonds. The topological polar surface area (TPSA) is 53.4 Å². The van der Waals surface area contributed by atoms with Crippen LogP contribution in [0.5, 0.6) is 0 Å². The van der Waals surface area contributed by atoms with E-state index in [1.807, 2.05) is 6.92 Å². The van der Waals surface area contributed by atoms with Gasteiger partial charge in [-0.15, -0.1) is 0 Å². The number of hydrogen-bond donors (Lipinski definition) is 1. The number of amides is 1. The van der Waals surface area contributed by atoms with Gasteiger partial charge in [-0.3, -0.25) is 4.79 Å². The molecular formula is C12H17BrN2O2. The molecule has 1 aromatic heterocycles. The minimum atomic E-state index is -0.905. The van der Waals surface area contributed by atoms with Crippen molar-refractivity contribution in [3.63, 3.8) is 0 Å². The minimum absolute atomic E-state index is 0.170. The van der Waals surface area contributed by atoms with Crippen molar-refractivity contribution in [2.75, 3.05) is 13.1 Å². The molecule has 0 aliphatic heterocycles. The molecule has 0 spiro atoms. The Bertz CT molecular complexity index is 402. The van der Waals surface area contributed by atoms with E-state index in [0.29, 0.717) is 16.8 Å². The second-order valence-corrected chi connectivity index (χ2v) is 5.29. The van der Waals surface area contributed by atoms with E-state index in [9.17, 15) is 9.90 Å². The molecule has 17 heavy (non-hydrogen) atoms. The van der Waals surface area contributed by atoms with Gasteiger partial charge in [-0.1, -0.05) is 6.07 Å². The van der Waals surface area contributed by atoms with Crippen LogP contribution >= 0.6 is 15.9 Å². The van der Waals surface area contributed by atoms with Crippen LogP contribution in [0.15, 0.2) is 22.8 Å². The molecule has 0 bridgehead atoms. The van der Waals surface area contributed by atoms with Gasteiger partial charge in [0.1, 0.15) is 10.3 Å². The van der Waals surface area contributed by atoms with E-state index in [4.69, 9.17) is 0 Å². The summed E-state index contributed by atoms with van der Waals surface area (Å²) in [5.74, 6) is -0.170. The highest BCUT2D eigenvalue weighted by Gasteiger charge is 2.22. The lowest BCUT2D eigenvalue weighted by Crippen LogP contribution is -2.42. The zero-order valence-corrected chi connectivity index (χ0v) is 11.9. The Morgan fingerprint density at radius 2 is 2.18 bits per heavy atom. The first kappa shape index (κ1) is 14.1. The number of rotatable bonds is 4. The molecule has 0 aliphatic rings. The van der Waals surface area contributed by atoms with Crippen molar-refractivity contribution in [3.8, 4) is 0 Å². The van der Waals surface area contributed by atoms with E-state index in [2.05, 4.69) is 20.9 Å². The number of carbonyl (C=O) groups is 1. The lowest BCUT2D eigenvalue weighted by Gasteiger charge is -2.27. The molecule has 4 nitrogen and oxygen atoms in total. The number of carbonyl (C=O) groups excluding carboxylic acids is 1. The molecule has 0 aliphatic carbocycles. The van der Waals surface area contributed by atoms with E-state index < -0.39 is 5.60 Å². The summed E-state index contributed by atoms with van der Waals surface area (Å²) in [5, 5.41) is 9.75. The van der Waals surface area contributed by atoms with Gasteiger partial charge in [0.25, 0.3) is 5.91 Å². The number of halogens is 1. The molecule has 0 unspecified atom stereocenters. The van der Waals surface area contributed by atoms with Crippen LogP contribution in [0.2, 0.25) is 0 Å². The minimum Gasteiger partial charge on any atom is -0.389 e. The molecule has 1 heterocycles. The van der Waals surface area contributed by atoms with Gasteiger partial charge >= 0.3 is 0 Å². The van der Waals surface area contributed by atoms with Gasteiger partial charge < -0.3 is 10.0 Å². The Labute approximate surface area is 110 Å². The quantitative estimate of drug-likeness (QED) is 0.866. The number of nitrogens with zero attached hydrogens (tertiary/aromatic N) is 2. The molecule has 1 aromatic rings. The summed E-state index contributed by atoms with van der Waals surface area (Å²) < 4.78 is 0.627. The molecule has 0 saturated heterocycles. The van der Waals surface area contributed by atoms with Crippen LogP contribution in [0.1, 0.15) is 31.3 Å². The standard InChI is InChI=1S/C12H17BrN2O2/c1-4-15(8-12(2,3)17)11(16)9-6-5-7-10(13)14-9/h5-7,17H,4,8H2,1-3H3. The van der Waals surface area contributed by atoms with Crippen LogP contribution in [-0.2, 0) is 0 Å². The molecular weight excluding hydrogens is 284 g/mol. The number of hydrogen-bond acceptors (Lipinski definition) is 3. The highest BCUT2D eigenvalue weighted by atomic mass is 79.9. The third kappa shape index (κ3) is 4.44. The van der Waals surface area contributed by atoms with Crippen molar-refractivity contribution in [1.29, 1.82) is 0 Å². The van der Waals surface area contributed by atoms with E-state index in [0.717, 1.165) is 0 Å². The third-order valence-corrected chi connectivity index (χ3v) is 2.62. The summed E-state index contributed by atoms with van der Waals surface area (Å²) in [6.45, 7) is 6.06. The van der Waals surface area contributed by atoms with Gasteiger partial charge in [0.15, 0.2) is 0 Å². The van der Waals surface area contributed by atoms with Gasteiger partial charge in [0.2, 0.25) is 0 Å². The third-order valence-electron chi connectivity index (χ3n) is 2.18. The summed E-state index contributed by atoms with van der Waals surface area (Å²) in [7, 11) is 0. The maximum Gasteiger partial charge on any atom is 0.272 e. The summed E-state index contributed by atoms with van der Waals surface area (Å²) in [5.41, 5.74) is -0.525. The first-order valence-corrected chi connectivity index (χ1v) is 6.27. The molecule has 0 fully saturated rings. The number of likely N-dealkylation sites (N-methyl/N-ethyl adjacent to an activating group) is 1. The van der Waals surface area contributed by atoms with Gasteiger partial charge in [-0.05, 0) is 48.8 Å². The second-order valence-electron chi connectivity index (χ2n) is 4.48. The molecule has 0 atom stereocenters. The van der Waals surface area contributed by atoms with Crippen LogP contribution in [0.25, 0.3) is 0 Å². The van der Waals surface area contributed by atoms with Crippen molar-refractivity contribution >= 4 is 21.8 Å². The first-order chi connectivity index (χ1) is 7.83. The van der Waals surface area contributed by atoms with Crippen molar-refractivity contribution in [3.05, 3.63) is 28.5 Å². The Hall–Kier alpha value is -0.940. The fourth-order valence-corrected chi connectivity index (χ4v) is 1.83. The average Bonchev–Trinajstić information content (AvgIpc) is 2.23. The average molecular weight is 301 g/mol. The van der Waals surface area contributed by atoms with Crippen molar-refractivity contribution in [2.45, 2.75) is 26.4 Å². The largest absolute Gasteiger partial charge is 0.389 e. The predicted octanol–water partition coefficient (Wildman–Crippen LogP) is 2.08. The Morgan fingerprint density at radius 3 is 2.65 bits per heavy atom. The molecule has 0 aromatic carbocycles. The normalized spacial score (nSPS) is 11.4. The summed E-state index contributed by atoms with van der Waals surface area (Å²) in [6, 6.07) is 5.20. The SMILES string of the molecule is CCN(CC(C)(C)O)C(=O)c1cccc(Br)n1. The summed E-state index contributed by atoms with van der Waals surface area (Å²) in [4.78, 5) is 17.8. The molecule has 5 heteroatoms. The first-order valence-electron chi connectivity index (χ1n) is 5.47. The predicted molar refractivity (Wildman–Crippen MR) is 69.8 cm³/mol. The second kappa shape index (κ2) is 5.60. The Kier molecular flexibility index (Phi) is 4.65.